The van der Waals surface area contributed by atoms with Gasteiger partial charge < -0.3 is 5.21 Å². The summed E-state index contributed by atoms with van der Waals surface area (Å²) < 4.78 is 1.65. The van der Waals surface area contributed by atoms with Crippen LogP contribution in [-0.2, 0) is 20.0 Å². The maximum absolute atomic E-state index is 12.9. The summed E-state index contributed by atoms with van der Waals surface area (Å²) in [6, 6.07) is 12.4. The van der Waals surface area contributed by atoms with Crippen molar-refractivity contribution >= 4 is 10.8 Å². The Labute approximate surface area is 147 Å². The molecule has 1 aromatic carbocycles. The molecule has 0 bridgehead atoms. The minimum Gasteiger partial charge on any atom is -0.411 e. The zero-order valence-electron chi connectivity index (χ0n) is 14.3. The van der Waals surface area contributed by atoms with Gasteiger partial charge in [-0.3, -0.25) is 19.3 Å². The lowest BCUT2D eigenvalue weighted by Gasteiger charge is -2.09. The van der Waals surface area contributed by atoms with E-state index in [9.17, 15) is 14.8 Å². The number of hydrogen-bond donors (Lipinski definition) is 1. The SMILES string of the molecule is Cn1n(O)c2c(=O)c3ccccc3c(=O)c=2n1CCCc1ccccn1. The van der Waals surface area contributed by atoms with Crippen molar-refractivity contribution in [3.63, 3.8) is 0 Å². The highest BCUT2D eigenvalue weighted by Gasteiger charge is 2.17. The van der Waals surface area contributed by atoms with Crippen LogP contribution in [0.3, 0.4) is 0 Å². The maximum atomic E-state index is 12.9. The largest absolute Gasteiger partial charge is 0.411 e. The van der Waals surface area contributed by atoms with Crippen molar-refractivity contribution in [3.05, 3.63) is 85.5 Å². The van der Waals surface area contributed by atoms with E-state index in [1.807, 2.05) is 18.2 Å². The molecule has 0 fully saturated rings. The van der Waals surface area contributed by atoms with E-state index < -0.39 is 0 Å². The van der Waals surface area contributed by atoms with E-state index in [1.54, 1.807) is 42.2 Å². The summed E-state index contributed by atoms with van der Waals surface area (Å²) in [7, 11) is 1.62. The third-order valence-corrected chi connectivity index (χ3v) is 4.68. The Morgan fingerprint density at radius 2 is 1.62 bits per heavy atom. The molecule has 26 heavy (non-hydrogen) atoms. The van der Waals surface area contributed by atoms with Crippen molar-refractivity contribution in [1.82, 2.24) is 19.3 Å². The average molecular weight is 350 g/mol. The molecular weight excluding hydrogens is 332 g/mol. The minimum absolute atomic E-state index is 0.00837. The van der Waals surface area contributed by atoms with Crippen molar-refractivity contribution in [2.45, 2.75) is 19.4 Å². The minimum atomic E-state index is -0.350. The summed E-state index contributed by atoms with van der Waals surface area (Å²) in [5, 5.41) is 11.3. The molecule has 1 N–H and O–H groups in total. The molecule has 2 aromatic rings. The smallest absolute Gasteiger partial charge is 0.217 e. The van der Waals surface area contributed by atoms with Gasteiger partial charge in [0.2, 0.25) is 10.9 Å². The lowest BCUT2D eigenvalue weighted by molar-refractivity contribution is 0.0874. The Kier molecular flexibility index (Phi) is 3.84. The Hall–Kier alpha value is -3.35. The second kappa shape index (κ2) is 6.18. The van der Waals surface area contributed by atoms with Crippen LogP contribution in [0, 0.1) is 10.7 Å². The Balaban J connectivity index is 1.86. The molecule has 132 valence electrons. The molecule has 7 heteroatoms. The number of hydrogen-bond acceptors (Lipinski definition) is 4. The van der Waals surface area contributed by atoms with Gasteiger partial charge in [-0.1, -0.05) is 30.3 Å². The molecule has 1 aliphatic carbocycles. The lowest BCUT2D eigenvalue weighted by Crippen LogP contribution is -2.20. The van der Waals surface area contributed by atoms with Gasteiger partial charge in [-0.25, -0.2) is 0 Å². The summed E-state index contributed by atoms with van der Waals surface area (Å²) in [6.45, 7) is 0.476. The van der Waals surface area contributed by atoms with E-state index in [0.29, 0.717) is 17.3 Å². The topological polar surface area (TPSA) is 82.0 Å². The van der Waals surface area contributed by atoms with Gasteiger partial charge in [-0.15, -0.1) is 4.85 Å². The number of aryl methyl sites for hydroxylation is 1. The fraction of sp³-hybridized carbons (Fsp3) is 0.211. The van der Waals surface area contributed by atoms with Gasteiger partial charge in [0.25, 0.3) is 0 Å². The van der Waals surface area contributed by atoms with Crippen molar-refractivity contribution < 1.29 is 5.21 Å². The summed E-state index contributed by atoms with van der Waals surface area (Å²) in [5.41, 5.74) is 0.356. The van der Waals surface area contributed by atoms with E-state index >= 15 is 0 Å². The maximum Gasteiger partial charge on any atom is 0.217 e. The zero-order chi connectivity index (χ0) is 18.3. The second-order valence-corrected chi connectivity index (χ2v) is 6.23. The van der Waals surface area contributed by atoms with Crippen LogP contribution in [0.2, 0.25) is 0 Å². The molecular formula is C19H18N4O3. The Morgan fingerprint density at radius 3 is 2.27 bits per heavy atom. The van der Waals surface area contributed by atoms with E-state index in [2.05, 4.69) is 4.98 Å². The molecule has 7 nitrogen and oxygen atoms in total. The molecule has 1 aromatic heterocycles. The normalized spacial score (nSPS) is 11.4. The van der Waals surface area contributed by atoms with Crippen LogP contribution in [-0.4, -0.2) is 24.5 Å². The van der Waals surface area contributed by atoms with Crippen molar-refractivity contribution in [2.75, 3.05) is 0 Å². The number of pyridine rings is 1. The van der Waals surface area contributed by atoms with Gasteiger partial charge in [0.15, 0.2) is 5.35 Å². The number of fused-ring (bicyclic) bond motifs is 1. The van der Waals surface area contributed by atoms with Crippen LogP contribution in [0.1, 0.15) is 12.1 Å². The van der Waals surface area contributed by atoms with Crippen molar-refractivity contribution in [3.8, 4) is 0 Å². The molecule has 0 amide bonds. The number of rotatable bonds is 4. The molecule has 0 radical (unpaired) electrons. The van der Waals surface area contributed by atoms with Gasteiger partial charge in [-0.2, -0.15) is 4.80 Å². The summed E-state index contributed by atoms with van der Waals surface area (Å²) in [4.78, 5) is 32.2. The first-order valence-electron chi connectivity index (χ1n) is 8.42. The molecule has 2 aliphatic rings. The first kappa shape index (κ1) is 16.1. The third kappa shape index (κ3) is 2.40. The van der Waals surface area contributed by atoms with E-state index in [1.165, 1.54) is 4.80 Å². The van der Waals surface area contributed by atoms with Gasteiger partial charge in [0.05, 0.1) is 0 Å². The number of benzene rings is 1. The van der Waals surface area contributed by atoms with Crippen LogP contribution >= 0.6 is 0 Å². The number of aromatic nitrogens is 4. The third-order valence-electron chi connectivity index (χ3n) is 4.68. The van der Waals surface area contributed by atoms with Crippen LogP contribution in [0.25, 0.3) is 10.8 Å². The summed E-state index contributed by atoms with van der Waals surface area (Å²) >= 11 is 0. The molecule has 0 spiro atoms. The summed E-state index contributed by atoms with van der Waals surface area (Å²) in [5.74, 6) is 0. The molecule has 2 heterocycles. The monoisotopic (exact) mass is 350 g/mol. The molecule has 0 saturated heterocycles. The lowest BCUT2D eigenvalue weighted by atomic mass is 10.1. The molecule has 0 saturated carbocycles. The van der Waals surface area contributed by atoms with Gasteiger partial charge >= 0.3 is 0 Å². The van der Waals surface area contributed by atoms with Crippen LogP contribution in [0.4, 0.5) is 0 Å². The first-order chi connectivity index (χ1) is 12.6. The molecule has 1 aliphatic heterocycles. The standard InChI is InChI=1S/C19H18N4O3/c1-21-22(12-6-8-13-7-4-5-11-20-13)16-17(23(21)26)19(25)15-10-3-2-9-14(15)18(16)24/h2-5,7,9-11,26H,6,8,12H2,1H3. The highest BCUT2D eigenvalue weighted by Crippen LogP contribution is 2.08. The first-order valence-corrected chi connectivity index (χ1v) is 8.42. The average Bonchev–Trinajstić information content (AvgIpc) is 2.92. The van der Waals surface area contributed by atoms with E-state index in [4.69, 9.17) is 0 Å². The second-order valence-electron chi connectivity index (χ2n) is 6.23. The van der Waals surface area contributed by atoms with Gasteiger partial charge in [0, 0.05) is 36.3 Å². The Bertz CT molecular complexity index is 1270. The van der Waals surface area contributed by atoms with Gasteiger partial charge in [-0.05, 0) is 25.0 Å². The van der Waals surface area contributed by atoms with Crippen LogP contribution in [0.15, 0.2) is 58.3 Å². The fourth-order valence-electron chi connectivity index (χ4n) is 3.38. The summed E-state index contributed by atoms with van der Waals surface area (Å²) in [6.07, 6.45) is 3.20. The molecule has 0 unspecified atom stereocenters. The van der Waals surface area contributed by atoms with Gasteiger partial charge in [0.1, 0.15) is 5.35 Å². The van der Waals surface area contributed by atoms with E-state index in [-0.39, 0.29) is 21.6 Å². The molecule has 0 atom stereocenters. The van der Waals surface area contributed by atoms with Crippen LogP contribution < -0.4 is 10.9 Å². The Morgan fingerprint density at radius 1 is 0.962 bits per heavy atom. The van der Waals surface area contributed by atoms with Crippen LogP contribution in [0.5, 0.6) is 0 Å². The van der Waals surface area contributed by atoms with Crippen molar-refractivity contribution in [2.24, 2.45) is 7.05 Å². The van der Waals surface area contributed by atoms with Crippen molar-refractivity contribution in [1.29, 1.82) is 0 Å². The molecule has 4 rings (SSSR count). The highest BCUT2D eigenvalue weighted by molar-refractivity contribution is 5.81. The predicted octanol–water partition coefficient (Wildman–Crippen LogP) is 1.49. The quantitative estimate of drug-likeness (QED) is 0.566. The fourth-order valence-corrected chi connectivity index (χ4v) is 3.38. The highest BCUT2D eigenvalue weighted by atomic mass is 16.5. The number of nitrogens with zero attached hydrogens (tertiary/aromatic N) is 4. The van der Waals surface area contributed by atoms with E-state index in [0.717, 1.165) is 23.4 Å². The zero-order valence-corrected chi connectivity index (χ0v) is 14.3. The predicted molar refractivity (Wildman–Crippen MR) is 96.5 cm³/mol.